The van der Waals surface area contributed by atoms with Crippen molar-refractivity contribution in [2.75, 3.05) is 12.5 Å². The maximum Gasteiger partial charge on any atom is 0.347 e. The summed E-state index contributed by atoms with van der Waals surface area (Å²) in [7, 11) is 0. The zero-order valence-corrected chi connectivity index (χ0v) is 12.9. The third kappa shape index (κ3) is 4.42. The number of nitrogens with two attached hydrogens (primary N) is 1. The lowest BCUT2D eigenvalue weighted by Crippen LogP contribution is -2.16. The van der Waals surface area contributed by atoms with Crippen LogP contribution in [0, 0.1) is 0 Å². The number of esters is 2. The summed E-state index contributed by atoms with van der Waals surface area (Å²) in [4.78, 5) is 45.9. The molecule has 0 unspecified atom stereocenters. The minimum Gasteiger partial charge on any atom is -0.428 e. The molecule has 24 heavy (non-hydrogen) atoms. The molecule has 126 valence electrons. The average molecular weight is 333 g/mol. The van der Waals surface area contributed by atoms with Gasteiger partial charge in [0.05, 0.1) is 6.42 Å². The molecule has 8 nitrogen and oxygen atoms in total. The molecule has 0 saturated carbocycles. The first-order chi connectivity index (χ1) is 11.4. The van der Waals surface area contributed by atoms with Crippen LogP contribution in [0.4, 0.5) is 5.69 Å². The number of nitrogen functional groups attached to an aromatic ring is 1. The van der Waals surface area contributed by atoms with Crippen molar-refractivity contribution in [1.82, 2.24) is 0 Å². The Labute approximate surface area is 136 Å². The van der Waals surface area contributed by atoms with E-state index in [0.717, 1.165) is 0 Å². The van der Waals surface area contributed by atoms with Crippen LogP contribution in [0.2, 0.25) is 0 Å². The van der Waals surface area contributed by atoms with Crippen LogP contribution < -0.4 is 11.4 Å². The Balaban J connectivity index is 2.02. The second-order valence-electron chi connectivity index (χ2n) is 4.94. The van der Waals surface area contributed by atoms with E-state index in [1.54, 1.807) is 12.1 Å². The van der Waals surface area contributed by atoms with Crippen LogP contribution in [-0.2, 0) is 19.1 Å². The Morgan fingerprint density at radius 3 is 2.58 bits per heavy atom. The zero-order chi connectivity index (χ0) is 17.7. The van der Waals surface area contributed by atoms with Gasteiger partial charge in [0.1, 0.15) is 11.1 Å². The number of rotatable bonds is 6. The molecule has 1 aromatic heterocycles. The van der Waals surface area contributed by atoms with E-state index in [0.29, 0.717) is 11.1 Å². The molecule has 1 heterocycles. The number of ether oxygens (including phenoxy) is 2. The molecule has 0 fully saturated rings. The van der Waals surface area contributed by atoms with Crippen molar-refractivity contribution < 1.29 is 28.3 Å². The van der Waals surface area contributed by atoms with E-state index in [-0.39, 0.29) is 24.0 Å². The number of fused-ring (bicyclic) bond motifs is 1. The lowest BCUT2D eigenvalue weighted by atomic mass is 10.1. The largest absolute Gasteiger partial charge is 0.428 e. The Bertz CT molecular complexity index is 853. The Kier molecular flexibility index (Phi) is 5.31. The van der Waals surface area contributed by atoms with Gasteiger partial charge in [-0.1, -0.05) is 0 Å². The van der Waals surface area contributed by atoms with Crippen LogP contribution in [0.15, 0.2) is 33.5 Å². The van der Waals surface area contributed by atoms with Gasteiger partial charge < -0.3 is 19.6 Å². The molecule has 2 aromatic rings. The SMILES string of the molecule is CC(=O)OCOC(=O)CCC(=O)c1cc2ccc(N)cc2oc1=O. The first-order valence-electron chi connectivity index (χ1n) is 7.02. The third-order valence-corrected chi connectivity index (χ3v) is 3.10. The van der Waals surface area contributed by atoms with Gasteiger partial charge >= 0.3 is 17.6 Å². The summed E-state index contributed by atoms with van der Waals surface area (Å²) >= 11 is 0. The number of carbonyl (C=O) groups excluding carboxylic acids is 3. The molecule has 2 N–H and O–H groups in total. The molecular weight excluding hydrogens is 318 g/mol. The summed E-state index contributed by atoms with van der Waals surface area (Å²) in [6.45, 7) is 0.659. The van der Waals surface area contributed by atoms with E-state index >= 15 is 0 Å². The van der Waals surface area contributed by atoms with Gasteiger partial charge in [0.2, 0.25) is 6.79 Å². The molecule has 0 spiro atoms. The smallest absolute Gasteiger partial charge is 0.347 e. The van der Waals surface area contributed by atoms with Gasteiger partial charge in [-0.3, -0.25) is 14.4 Å². The Morgan fingerprint density at radius 2 is 1.88 bits per heavy atom. The summed E-state index contributed by atoms with van der Waals surface area (Å²) < 4.78 is 14.1. The molecule has 0 saturated heterocycles. The molecule has 0 aliphatic heterocycles. The first-order valence-corrected chi connectivity index (χ1v) is 7.02. The summed E-state index contributed by atoms with van der Waals surface area (Å²) in [5.41, 5.74) is 5.35. The Hall–Kier alpha value is -3.16. The number of benzene rings is 1. The summed E-state index contributed by atoms with van der Waals surface area (Å²) in [6.07, 6.45) is -0.483. The van der Waals surface area contributed by atoms with Crippen molar-refractivity contribution in [1.29, 1.82) is 0 Å². The monoisotopic (exact) mass is 333 g/mol. The standard InChI is InChI=1S/C16H15NO7/c1-9(18)22-8-23-15(20)5-4-13(19)12-6-10-2-3-11(17)7-14(10)24-16(12)21/h2-3,6-7H,4-5,8,17H2,1H3. The molecule has 0 aliphatic rings. The third-order valence-electron chi connectivity index (χ3n) is 3.10. The van der Waals surface area contributed by atoms with E-state index in [1.165, 1.54) is 19.1 Å². The predicted molar refractivity (Wildman–Crippen MR) is 83.2 cm³/mol. The van der Waals surface area contributed by atoms with E-state index in [1.807, 2.05) is 0 Å². The number of Topliss-reactive ketones (excluding diaryl/α,β-unsaturated/α-hetero) is 1. The predicted octanol–water partition coefficient (Wildman–Crippen LogP) is 1.40. The van der Waals surface area contributed by atoms with Crippen LogP contribution in [0.25, 0.3) is 11.0 Å². The highest BCUT2D eigenvalue weighted by atomic mass is 16.7. The summed E-state index contributed by atoms with van der Waals surface area (Å²) in [5, 5.41) is 0.546. The van der Waals surface area contributed by atoms with Gasteiger partial charge in [0, 0.05) is 30.5 Å². The van der Waals surface area contributed by atoms with Crippen LogP contribution in [-0.4, -0.2) is 24.5 Å². The second-order valence-corrected chi connectivity index (χ2v) is 4.94. The quantitative estimate of drug-likeness (QED) is 0.276. The number of anilines is 1. The van der Waals surface area contributed by atoms with Crippen LogP contribution in [0.1, 0.15) is 30.1 Å². The molecule has 0 aliphatic carbocycles. The van der Waals surface area contributed by atoms with Crippen molar-refractivity contribution in [3.63, 3.8) is 0 Å². The first kappa shape index (κ1) is 17.2. The lowest BCUT2D eigenvalue weighted by molar-refractivity contribution is -0.165. The highest BCUT2D eigenvalue weighted by Crippen LogP contribution is 2.17. The maximum absolute atomic E-state index is 12.1. The molecule has 0 bridgehead atoms. The van der Waals surface area contributed by atoms with Gasteiger partial charge in [-0.2, -0.15) is 0 Å². The minimum atomic E-state index is -0.800. The van der Waals surface area contributed by atoms with Crippen molar-refractivity contribution in [2.45, 2.75) is 19.8 Å². The highest BCUT2D eigenvalue weighted by Gasteiger charge is 2.16. The Morgan fingerprint density at radius 1 is 1.12 bits per heavy atom. The van der Waals surface area contributed by atoms with E-state index < -0.39 is 30.1 Å². The van der Waals surface area contributed by atoms with Gasteiger partial charge in [-0.05, 0) is 18.2 Å². The number of hydrogen-bond donors (Lipinski definition) is 1. The topological polar surface area (TPSA) is 126 Å². The summed E-state index contributed by atoms with van der Waals surface area (Å²) in [5.74, 6) is -1.86. The number of hydrogen-bond acceptors (Lipinski definition) is 8. The van der Waals surface area contributed by atoms with Crippen LogP contribution in [0.5, 0.6) is 0 Å². The van der Waals surface area contributed by atoms with E-state index in [9.17, 15) is 19.2 Å². The van der Waals surface area contributed by atoms with Crippen molar-refractivity contribution in [3.05, 3.63) is 40.2 Å². The molecule has 8 heteroatoms. The molecule has 1 aromatic carbocycles. The van der Waals surface area contributed by atoms with Crippen LogP contribution in [0.3, 0.4) is 0 Å². The lowest BCUT2D eigenvalue weighted by Gasteiger charge is -2.05. The number of ketones is 1. The fraction of sp³-hybridized carbons (Fsp3) is 0.250. The van der Waals surface area contributed by atoms with Crippen molar-refractivity contribution >= 4 is 34.4 Å². The summed E-state index contributed by atoms with van der Waals surface area (Å²) in [6, 6.07) is 6.12. The van der Waals surface area contributed by atoms with Gasteiger partial charge in [0.25, 0.3) is 0 Å². The van der Waals surface area contributed by atoms with Crippen molar-refractivity contribution in [3.8, 4) is 0 Å². The molecule has 2 rings (SSSR count). The van der Waals surface area contributed by atoms with Gasteiger partial charge in [-0.15, -0.1) is 0 Å². The molecular formula is C16H15NO7. The number of carbonyl (C=O) groups is 3. The van der Waals surface area contributed by atoms with Crippen LogP contribution >= 0.6 is 0 Å². The molecule has 0 atom stereocenters. The van der Waals surface area contributed by atoms with Gasteiger partial charge in [0.15, 0.2) is 5.78 Å². The minimum absolute atomic E-state index is 0.153. The van der Waals surface area contributed by atoms with Gasteiger partial charge in [-0.25, -0.2) is 4.79 Å². The average Bonchev–Trinajstić information content (AvgIpc) is 2.51. The van der Waals surface area contributed by atoms with E-state index in [2.05, 4.69) is 9.47 Å². The molecule has 0 radical (unpaired) electrons. The van der Waals surface area contributed by atoms with E-state index in [4.69, 9.17) is 10.2 Å². The zero-order valence-electron chi connectivity index (χ0n) is 12.9. The van der Waals surface area contributed by atoms with Crippen molar-refractivity contribution in [2.24, 2.45) is 0 Å². The highest BCUT2D eigenvalue weighted by molar-refractivity contribution is 5.99. The maximum atomic E-state index is 12.1. The second kappa shape index (κ2) is 7.40. The fourth-order valence-corrected chi connectivity index (χ4v) is 1.92. The molecule has 0 amide bonds. The normalized spacial score (nSPS) is 10.4. The fourth-order valence-electron chi connectivity index (χ4n) is 1.92.